The Balaban J connectivity index is 2.76. The van der Waals surface area contributed by atoms with Crippen molar-refractivity contribution in [3.8, 4) is 0 Å². The van der Waals surface area contributed by atoms with Gasteiger partial charge in [-0.05, 0) is 13.8 Å². The standard InChI is InChI=1S/C9H14ClN3O2/c1-5-8(10)12-6(2)13-9(5)11-3-7(15)4-14/h7,14-15H,3-4H2,1-2H3,(H,11,12,13). The molecule has 0 aromatic carbocycles. The maximum absolute atomic E-state index is 9.16. The number of nitrogens with one attached hydrogen (secondary N) is 1. The molecule has 5 nitrogen and oxygen atoms in total. The van der Waals surface area contributed by atoms with E-state index in [9.17, 15) is 0 Å². The quantitative estimate of drug-likeness (QED) is 0.659. The van der Waals surface area contributed by atoms with Gasteiger partial charge in [0.05, 0.1) is 12.7 Å². The van der Waals surface area contributed by atoms with Crippen LogP contribution < -0.4 is 5.32 Å². The molecular formula is C9H14ClN3O2. The molecule has 6 heteroatoms. The van der Waals surface area contributed by atoms with Crippen LogP contribution in [0, 0.1) is 13.8 Å². The molecule has 0 bridgehead atoms. The van der Waals surface area contributed by atoms with Gasteiger partial charge < -0.3 is 15.5 Å². The van der Waals surface area contributed by atoms with Gasteiger partial charge in [-0.2, -0.15) is 0 Å². The van der Waals surface area contributed by atoms with Gasteiger partial charge in [0.15, 0.2) is 0 Å². The maximum Gasteiger partial charge on any atom is 0.137 e. The fraction of sp³-hybridized carbons (Fsp3) is 0.556. The summed E-state index contributed by atoms with van der Waals surface area (Å²) in [6.45, 7) is 3.46. The molecule has 1 aromatic heterocycles. The zero-order chi connectivity index (χ0) is 11.4. The van der Waals surface area contributed by atoms with E-state index in [1.807, 2.05) is 0 Å². The molecule has 0 aliphatic rings. The Hall–Kier alpha value is -0.910. The van der Waals surface area contributed by atoms with Gasteiger partial charge in [-0.25, -0.2) is 9.97 Å². The van der Waals surface area contributed by atoms with E-state index >= 15 is 0 Å². The molecule has 0 saturated heterocycles. The highest BCUT2D eigenvalue weighted by atomic mass is 35.5. The van der Waals surface area contributed by atoms with Gasteiger partial charge in [-0.3, -0.25) is 0 Å². The number of rotatable bonds is 4. The number of aliphatic hydroxyl groups is 2. The number of halogens is 1. The van der Waals surface area contributed by atoms with Crippen molar-refractivity contribution in [3.63, 3.8) is 0 Å². The minimum absolute atomic E-state index is 0.226. The first kappa shape index (κ1) is 12.2. The summed E-state index contributed by atoms with van der Waals surface area (Å²) in [5.41, 5.74) is 0.729. The van der Waals surface area contributed by atoms with Crippen LogP contribution in [0.25, 0.3) is 0 Å². The van der Waals surface area contributed by atoms with Gasteiger partial charge in [-0.1, -0.05) is 11.6 Å². The highest BCUT2D eigenvalue weighted by molar-refractivity contribution is 6.30. The fourth-order valence-corrected chi connectivity index (χ4v) is 1.26. The van der Waals surface area contributed by atoms with Crippen molar-refractivity contribution in [1.29, 1.82) is 0 Å². The first-order valence-electron chi connectivity index (χ1n) is 4.58. The van der Waals surface area contributed by atoms with E-state index in [0.717, 1.165) is 5.56 Å². The van der Waals surface area contributed by atoms with Crippen LogP contribution in [0.3, 0.4) is 0 Å². The van der Waals surface area contributed by atoms with Crippen LogP contribution in [0.1, 0.15) is 11.4 Å². The van der Waals surface area contributed by atoms with E-state index in [1.165, 1.54) is 0 Å². The summed E-state index contributed by atoms with van der Waals surface area (Å²) in [5, 5.41) is 21.1. The van der Waals surface area contributed by atoms with Crippen LogP contribution in [-0.2, 0) is 0 Å². The van der Waals surface area contributed by atoms with E-state index in [1.54, 1.807) is 13.8 Å². The number of anilines is 1. The average Bonchev–Trinajstić information content (AvgIpc) is 2.20. The molecule has 0 saturated carbocycles. The summed E-state index contributed by atoms with van der Waals surface area (Å²) in [4.78, 5) is 8.12. The van der Waals surface area contributed by atoms with Gasteiger partial charge >= 0.3 is 0 Å². The predicted octanol–water partition coefficient (Wildman–Crippen LogP) is 0.512. The second kappa shape index (κ2) is 5.25. The van der Waals surface area contributed by atoms with Crippen molar-refractivity contribution < 1.29 is 10.2 Å². The second-order valence-electron chi connectivity index (χ2n) is 3.25. The topological polar surface area (TPSA) is 78.3 Å². The van der Waals surface area contributed by atoms with Gasteiger partial charge in [0.25, 0.3) is 0 Å². The predicted molar refractivity (Wildman–Crippen MR) is 58.1 cm³/mol. The number of nitrogens with zero attached hydrogens (tertiary/aromatic N) is 2. The molecule has 0 fully saturated rings. The Morgan fingerprint density at radius 3 is 2.67 bits per heavy atom. The molecule has 0 aliphatic carbocycles. The lowest BCUT2D eigenvalue weighted by molar-refractivity contribution is 0.105. The Labute approximate surface area is 93.1 Å². The number of hydrogen-bond donors (Lipinski definition) is 3. The third-order valence-corrected chi connectivity index (χ3v) is 2.28. The molecule has 1 rings (SSSR count). The Morgan fingerprint density at radius 1 is 1.40 bits per heavy atom. The summed E-state index contributed by atoms with van der Waals surface area (Å²) < 4.78 is 0. The van der Waals surface area contributed by atoms with E-state index < -0.39 is 6.10 Å². The number of aryl methyl sites for hydroxylation is 1. The lowest BCUT2D eigenvalue weighted by Gasteiger charge is -2.12. The summed E-state index contributed by atoms with van der Waals surface area (Å²) >= 11 is 5.87. The highest BCUT2D eigenvalue weighted by Crippen LogP contribution is 2.19. The van der Waals surface area contributed by atoms with Crippen LogP contribution in [0.4, 0.5) is 5.82 Å². The third-order valence-electron chi connectivity index (χ3n) is 1.91. The van der Waals surface area contributed by atoms with Crippen LogP contribution >= 0.6 is 11.6 Å². The minimum atomic E-state index is -0.807. The van der Waals surface area contributed by atoms with Crippen molar-refractivity contribution in [2.75, 3.05) is 18.5 Å². The largest absolute Gasteiger partial charge is 0.394 e. The number of aromatic nitrogens is 2. The van der Waals surface area contributed by atoms with E-state index in [0.29, 0.717) is 16.8 Å². The minimum Gasteiger partial charge on any atom is -0.394 e. The monoisotopic (exact) mass is 231 g/mol. The van der Waals surface area contributed by atoms with Crippen LogP contribution in [0.5, 0.6) is 0 Å². The lowest BCUT2D eigenvalue weighted by atomic mass is 10.3. The Kier molecular flexibility index (Phi) is 4.26. The number of hydrogen-bond acceptors (Lipinski definition) is 5. The molecule has 0 amide bonds. The molecule has 3 N–H and O–H groups in total. The SMILES string of the molecule is Cc1nc(Cl)c(C)c(NCC(O)CO)n1. The fourth-order valence-electron chi connectivity index (χ4n) is 1.05. The summed E-state index contributed by atoms with van der Waals surface area (Å²) in [5.74, 6) is 1.14. The molecule has 0 aliphatic heterocycles. The Bertz CT molecular complexity index is 346. The average molecular weight is 232 g/mol. The van der Waals surface area contributed by atoms with Crippen LogP contribution in [-0.4, -0.2) is 39.4 Å². The van der Waals surface area contributed by atoms with Crippen molar-refractivity contribution in [3.05, 3.63) is 16.5 Å². The first-order chi connectivity index (χ1) is 7.04. The molecule has 1 aromatic rings. The molecule has 84 valence electrons. The van der Waals surface area contributed by atoms with Crippen molar-refractivity contribution in [2.24, 2.45) is 0 Å². The van der Waals surface area contributed by atoms with E-state index in [4.69, 9.17) is 21.8 Å². The normalized spacial score (nSPS) is 12.6. The van der Waals surface area contributed by atoms with Crippen molar-refractivity contribution in [2.45, 2.75) is 20.0 Å². The maximum atomic E-state index is 9.16. The van der Waals surface area contributed by atoms with Gasteiger partial charge in [0.1, 0.15) is 16.8 Å². The summed E-state index contributed by atoms with van der Waals surface area (Å²) in [6.07, 6.45) is -0.807. The van der Waals surface area contributed by atoms with Gasteiger partial charge in [0.2, 0.25) is 0 Å². The third kappa shape index (κ3) is 3.30. The summed E-state index contributed by atoms with van der Waals surface area (Å²) in [6, 6.07) is 0. The van der Waals surface area contributed by atoms with Crippen LogP contribution in [0.2, 0.25) is 5.15 Å². The van der Waals surface area contributed by atoms with Gasteiger partial charge in [-0.15, -0.1) is 0 Å². The zero-order valence-corrected chi connectivity index (χ0v) is 9.41. The van der Waals surface area contributed by atoms with Crippen LogP contribution in [0.15, 0.2) is 0 Å². The Morgan fingerprint density at radius 2 is 2.07 bits per heavy atom. The molecule has 0 radical (unpaired) electrons. The molecule has 1 heterocycles. The second-order valence-corrected chi connectivity index (χ2v) is 3.61. The van der Waals surface area contributed by atoms with E-state index in [2.05, 4.69) is 15.3 Å². The van der Waals surface area contributed by atoms with Crippen molar-refractivity contribution in [1.82, 2.24) is 9.97 Å². The zero-order valence-electron chi connectivity index (χ0n) is 8.66. The molecular weight excluding hydrogens is 218 g/mol. The lowest BCUT2D eigenvalue weighted by Crippen LogP contribution is -2.24. The molecule has 1 atom stereocenters. The molecule has 1 unspecified atom stereocenters. The van der Waals surface area contributed by atoms with Gasteiger partial charge in [0, 0.05) is 12.1 Å². The highest BCUT2D eigenvalue weighted by Gasteiger charge is 2.08. The van der Waals surface area contributed by atoms with Crippen molar-refractivity contribution >= 4 is 17.4 Å². The smallest absolute Gasteiger partial charge is 0.137 e. The van der Waals surface area contributed by atoms with E-state index in [-0.39, 0.29) is 13.2 Å². The first-order valence-corrected chi connectivity index (χ1v) is 4.96. The summed E-state index contributed by atoms with van der Waals surface area (Å²) in [7, 11) is 0. The molecule has 0 spiro atoms. The molecule has 15 heavy (non-hydrogen) atoms. The number of aliphatic hydroxyl groups excluding tert-OH is 2.